The third kappa shape index (κ3) is 4.61. The zero-order valence-electron chi connectivity index (χ0n) is 11.6. The van der Waals surface area contributed by atoms with Crippen molar-refractivity contribution in [1.29, 1.82) is 0 Å². The number of nitrogens with one attached hydrogen (secondary N) is 2. The monoisotopic (exact) mass is 284 g/mol. The average Bonchev–Trinajstić information content (AvgIpc) is 2.54. The molecule has 6 heteroatoms. The van der Waals surface area contributed by atoms with Gasteiger partial charge in [0.2, 0.25) is 0 Å². The second-order valence-electron chi connectivity index (χ2n) is 4.10. The number of hydrogen-bond acceptors (Lipinski definition) is 5. The number of methoxy groups -OCH3 is 1. The van der Waals surface area contributed by atoms with Crippen molar-refractivity contribution in [3.63, 3.8) is 0 Å². The van der Waals surface area contributed by atoms with Crippen LogP contribution in [0.3, 0.4) is 0 Å². The Kier molecular flexibility index (Phi) is 5.28. The van der Waals surface area contributed by atoms with Crippen LogP contribution in [0.5, 0.6) is 5.75 Å². The van der Waals surface area contributed by atoms with Crippen molar-refractivity contribution in [2.24, 2.45) is 5.10 Å². The van der Waals surface area contributed by atoms with Gasteiger partial charge in [-0.15, -0.1) is 0 Å². The number of hydrogen-bond donors (Lipinski definition) is 2. The summed E-state index contributed by atoms with van der Waals surface area (Å²) in [4.78, 5) is 15.7. The van der Waals surface area contributed by atoms with Crippen molar-refractivity contribution in [2.45, 2.75) is 0 Å². The number of benzene rings is 1. The molecule has 2 N–H and O–H groups in total. The SMILES string of the molecule is COc1ccccc1NCC(=O)N/N=C\c1ccccn1. The molecule has 0 radical (unpaired) electrons. The first kappa shape index (κ1) is 14.5. The molecule has 1 aromatic heterocycles. The van der Waals surface area contributed by atoms with Gasteiger partial charge in [0.05, 0.1) is 31.3 Å². The Balaban J connectivity index is 1.81. The molecule has 108 valence electrons. The first-order valence-electron chi connectivity index (χ1n) is 6.39. The molecular formula is C15H16N4O2. The molecule has 0 aliphatic carbocycles. The molecule has 0 aliphatic heterocycles. The summed E-state index contributed by atoms with van der Waals surface area (Å²) in [5.74, 6) is 0.426. The quantitative estimate of drug-likeness (QED) is 0.625. The van der Waals surface area contributed by atoms with Crippen molar-refractivity contribution in [2.75, 3.05) is 19.0 Å². The molecule has 0 saturated carbocycles. The highest BCUT2D eigenvalue weighted by atomic mass is 16.5. The third-order valence-electron chi connectivity index (χ3n) is 2.62. The number of aromatic nitrogens is 1. The van der Waals surface area contributed by atoms with Gasteiger partial charge in [-0.1, -0.05) is 18.2 Å². The lowest BCUT2D eigenvalue weighted by Crippen LogP contribution is -2.26. The lowest BCUT2D eigenvalue weighted by Gasteiger charge is -2.09. The Morgan fingerprint density at radius 3 is 2.86 bits per heavy atom. The summed E-state index contributed by atoms with van der Waals surface area (Å²) < 4.78 is 5.18. The van der Waals surface area contributed by atoms with Crippen LogP contribution in [0, 0.1) is 0 Å². The molecular weight excluding hydrogens is 268 g/mol. The minimum Gasteiger partial charge on any atom is -0.495 e. The predicted octanol–water partition coefficient (Wildman–Crippen LogP) is 1.65. The van der Waals surface area contributed by atoms with E-state index in [0.717, 1.165) is 5.69 Å². The molecule has 0 spiro atoms. The van der Waals surface area contributed by atoms with Crippen molar-refractivity contribution >= 4 is 17.8 Å². The number of nitrogens with zero attached hydrogens (tertiary/aromatic N) is 2. The fourth-order valence-electron chi connectivity index (χ4n) is 1.63. The fraction of sp³-hybridized carbons (Fsp3) is 0.133. The van der Waals surface area contributed by atoms with Crippen LogP contribution in [0.2, 0.25) is 0 Å². The summed E-state index contributed by atoms with van der Waals surface area (Å²) in [5.41, 5.74) is 3.86. The van der Waals surface area contributed by atoms with Gasteiger partial charge in [-0.25, -0.2) is 5.43 Å². The highest BCUT2D eigenvalue weighted by Crippen LogP contribution is 2.22. The van der Waals surface area contributed by atoms with Crippen LogP contribution < -0.4 is 15.5 Å². The van der Waals surface area contributed by atoms with E-state index < -0.39 is 0 Å². The molecule has 0 atom stereocenters. The predicted molar refractivity (Wildman–Crippen MR) is 81.5 cm³/mol. The van der Waals surface area contributed by atoms with E-state index in [4.69, 9.17) is 4.74 Å². The van der Waals surface area contributed by atoms with Crippen LogP contribution in [0.4, 0.5) is 5.69 Å². The highest BCUT2D eigenvalue weighted by Gasteiger charge is 2.03. The highest BCUT2D eigenvalue weighted by molar-refractivity contribution is 5.83. The zero-order chi connectivity index (χ0) is 14.9. The molecule has 1 aromatic carbocycles. The average molecular weight is 284 g/mol. The molecule has 0 aliphatic rings. The fourth-order valence-corrected chi connectivity index (χ4v) is 1.63. The van der Waals surface area contributed by atoms with Crippen LogP contribution in [0.15, 0.2) is 53.8 Å². The number of para-hydroxylation sites is 2. The first-order chi connectivity index (χ1) is 10.3. The van der Waals surface area contributed by atoms with Crippen molar-refractivity contribution < 1.29 is 9.53 Å². The summed E-state index contributed by atoms with van der Waals surface area (Å²) in [6.07, 6.45) is 3.15. The second-order valence-corrected chi connectivity index (χ2v) is 4.10. The summed E-state index contributed by atoms with van der Waals surface area (Å²) >= 11 is 0. The van der Waals surface area contributed by atoms with Crippen molar-refractivity contribution in [1.82, 2.24) is 10.4 Å². The van der Waals surface area contributed by atoms with E-state index in [1.54, 1.807) is 19.4 Å². The molecule has 0 unspecified atom stereocenters. The molecule has 1 heterocycles. The molecule has 0 saturated heterocycles. The normalized spacial score (nSPS) is 10.3. The van der Waals surface area contributed by atoms with Gasteiger partial charge in [-0.3, -0.25) is 9.78 Å². The van der Waals surface area contributed by atoms with E-state index in [0.29, 0.717) is 11.4 Å². The standard InChI is InChI=1S/C15H16N4O2/c1-21-14-8-3-2-7-13(14)17-11-15(20)19-18-10-12-6-4-5-9-16-12/h2-10,17H,11H2,1H3,(H,19,20)/b18-10-. The van der Waals surface area contributed by atoms with Gasteiger partial charge in [-0.2, -0.15) is 5.10 Å². The summed E-state index contributed by atoms with van der Waals surface area (Å²) in [6.45, 7) is 0.0972. The summed E-state index contributed by atoms with van der Waals surface area (Å²) in [7, 11) is 1.58. The Morgan fingerprint density at radius 2 is 2.10 bits per heavy atom. The minimum absolute atomic E-state index is 0.0972. The largest absolute Gasteiger partial charge is 0.495 e. The third-order valence-corrected chi connectivity index (χ3v) is 2.62. The topological polar surface area (TPSA) is 75.6 Å². The summed E-state index contributed by atoms with van der Waals surface area (Å²) in [5, 5.41) is 6.82. The molecule has 21 heavy (non-hydrogen) atoms. The number of amides is 1. The van der Waals surface area contributed by atoms with E-state index in [9.17, 15) is 4.79 Å². The zero-order valence-corrected chi connectivity index (χ0v) is 11.6. The number of carbonyl (C=O) groups excluding carboxylic acids is 1. The maximum Gasteiger partial charge on any atom is 0.259 e. The van der Waals surface area contributed by atoms with Crippen molar-refractivity contribution in [3.05, 3.63) is 54.4 Å². The molecule has 6 nitrogen and oxygen atoms in total. The molecule has 1 amide bonds. The lowest BCUT2D eigenvalue weighted by molar-refractivity contribution is -0.119. The number of pyridine rings is 1. The van der Waals surface area contributed by atoms with E-state index >= 15 is 0 Å². The smallest absolute Gasteiger partial charge is 0.259 e. The van der Waals surface area contributed by atoms with Gasteiger partial charge in [0.15, 0.2) is 0 Å². The van der Waals surface area contributed by atoms with Gasteiger partial charge in [-0.05, 0) is 24.3 Å². The molecule has 2 aromatic rings. The van der Waals surface area contributed by atoms with Gasteiger partial charge >= 0.3 is 0 Å². The van der Waals surface area contributed by atoms with Crippen LogP contribution in [-0.2, 0) is 4.79 Å². The number of hydrazone groups is 1. The van der Waals surface area contributed by atoms with E-state index in [2.05, 4.69) is 20.8 Å². The van der Waals surface area contributed by atoms with E-state index in [1.807, 2.05) is 36.4 Å². The van der Waals surface area contributed by atoms with Crippen LogP contribution in [0.1, 0.15) is 5.69 Å². The molecule has 2 rings (SSSR count). The number of ether oxygens (including phenoxy) is 1. The second kappa shape index (κ2) is 7.64. The maximum atomic E-state index is 11.7. The van der Waals surface area contributed by atoms with Gasteiger partial charge in [0.1, 0.15) is 5.75 Å². The van der Waals surface area contributed by atoms with Gasteiger partial charge in [0, 0.05) is 6.20 Å². The Bertz CT molecular complexity index is 614. The van der Waals surface area contributed by atoms with Gasteiger partial charge in [0.25, 0.3) is 5.91 Å². The lowest BCUT2D eigenvalue weighted by atomic mass is 10.3. The Labute approximate surface area is 122 Å². The van der Waals surface area contributed by atoms with Crippen molar-refractivity contribution in [3.8, 4) is 5.75 Å². The maximum absolute atomic E-state index is 11.7. The molecule has 0 bridgehead atoms. The molecule has 0 fully saturated rings. The van der Waals surface area contributed by atoms with E-state index in [1.165, 1.54) is 6.21 Å². The van der Waals surface area contributed by atoms with E-state index in [-0.39, 0.29) is 12.5 Å². The number of carbonyl (C=O) groups is 1. The number of anilines is 1. The van der Waals surface area contributed by atoms with Crippen LogP contribution in [0.25, 0.3) is 0 Å². The Hall–Kier alpha value is -2.89. The summed E-state index contributed by atoms with van der Waals surface area (Å²) in [6, 6.07) is 12.8. The van der Waals surface area contributed by atoms with Gasteiger partial charge < -0.3 is 10.1 Å². The number of rotatable bonds is 6. The minimum atomic E-state index is -0.256. The Morgan fingerprint density at radius 1 is 1.29 bits per heavy atom. The van der Waals surface area contributed by atoms with Crippen LogP contribution in [-0.4, -0.2) is 30.8 Å². The van der Waals surface area contributed by atoms with Crippen LogP contribution >= 0.6 is 0 Å². The first-order valence-corrected chi connectivity index (χ1v) is 6.39.